The number of aromatic nitrogens is 3. The van der Waals surface area contributed by atoms with Crippen LogP contribution in [0.1, 0.15) is 75.5 Å². The first-order valence-electron chi connectivity index (χ1n) is 16.3. The summed E-state index contributed by atoms with van der Waals surface area (Å²) in [7, 11) is 0. The molecule has 46 heavy (non-hydrogen) atoms. The molecule has 10 nitrogen and oxygen atoms in total. The van der Waals surface area contributed by atoms with Gasteiger partial charge in [-0.15, -0.1) is 0 Å². The molecule has 0 atom stereocenters. The van der Waals surface area contributed by atoms with Crippen LogP contribution in [0.4, 0.5) is 10.2 Å². The van der Waals surface area contributed by atoms with Crippen LogP contribution in [-0.4, -0.2) is 86.2 Å². The zero-order valence-electron chi connectivity index (χ0n) is 27.5. The smallest absolute Gasteiger partial charge is 0.257 e. The lowest BCUT2D eigenvalue weighted by molar-refractivity contribution is -0.0353. The SMILES string of the molecule is CCN(C(=O)c1cc(F)ccc1Oc1cncnc1N1CC2(CC(Oc3ccnc4c3CN(CCC(C)(C)O)CC4)C2)C1)C(C)C. The quantitative estimate of drug-likeness (QED) is 0.304. The number of hydrogen-bond donors (Lipinski definition) is 1. The molecule has 1 N–H and O–H groups in total. The van der Waals surface area contributed by atoms with E-state index in [0.29, 0.717) is 18.1 Å². The summed E-state index contributed by atoms with van der Waals surface area (Å²) in [5, 5.41) is 10.2. The molecule has 6 rings (SSSR count). The number of amides is 1. The molecule has 1 aromatic carbocycles. The molecule has 246 valence electrons. The Morgan fingerprint density at radius 1 is 1.17 bits per heavy atom. The van der Waals surface area contributed by atoms with Crippen molar-refractivity contribution < 1.29 is 23.8 Å². The second-order valence-electron chi connectivity index (χ2n) is 14.0. The van der Waals surface area contributed by atoms with Gasteiger partial charge in [0, 0.05) is 74.6 Å². The Balaban J connectivity index is 1.09. The molecule has 3 aromatic rings. The van der Waals surface area contributed by atoms with Gasteiger partial charge < -0.3 is 24.4 Å². The Kier molecular flexibility index (Phi) is 8.91. The molecule has 11 heteroatoms. The highest BCUT2D eigenvalue weighted by Crippen LogP contribution is 2.52. The molecule has 1 spiro atoms. The van der Waals surface area contributed by atoms with E-state index in [1.807, 2.05) is 46.9 Å². The molecule has 0 bridgehead atoms. The largest absolute Gasteiger partial charge is 0.490 e. The summed E-state index contributed by atoms with van der Waals surface area (Å²) < 4.78 is 27.1. The number of ether oxygens (including phenoxy) is 2. The molecule has 0 unspecified atom stereocenters. The van der Waals surface area contributed by atoms with E-state index in [1.54, 1.807) is 11.1 Å². The first kappa shape index (κ1) is 32.1. The number of rotatable bonds is 11. The summed E-state index contributed by atoms with van der Waals surface area (Å²) in [4.78, 5) is 32.9. The van der Waals surface area contributed by atoms with E-state index in [2.05, 4.69) is 24.8 Å². The second-order valence-corrected chi connectivity index (χ2v) is 14.0. The van der Waals surface area contributed by atoms with Crippen molar-refractivity contribution in [2.24, 2.45) is 5.41 Å². The molecular weight excluding hydrogens is 587 g/mol. The number of fused-ring (bicyclic) bond motifs is 1. The number of halogens is 1. The van der Waals surface area contributed by atoms with Crippen molar-refractivity contribution in [3.05, 3.63) is 65.6 Å². The van der Waals surface area contributed by atoms with Gasteiger partial charge in [0.25, 0.3) is 5.91 Å². The Morgan fingerprint density at radius 3 is 2.67 bits per heavy atom. The van der Waals surface area contributed by atoms with E-state index >= 15 is 0 Å². The van der Waals surface area contributed by atoms with Gasteiger partial charge in [0.2, 0.25) is 0 Å². The van der Waals surface area contributed by atoms with Crippen molar-refractivity contribution in [3.63, 3.8) is 0 Å². The summed E-state index contributed by atoms with van der Waals surface area (Å²) in [6, 6.07) is 5.95. The van der Waals surface area contributed by atoms with Crippen LogP contribution in [0.2, 0.25) is 0 Å². The number of benzene rings is 1. The van der Waals surface area contributed by atoms with Gasteiger partial charge in [-0.05, 0) is 78.1 Å². The van der Waals surface area contributed by atoms with Crippen LogP contribution in [0, 0.1) is 11.2 Å². The Labute approximate surface area is 270 Å². The zero-order chi connectivity index (χ0) is 32.6. The van der Waals surface area contributed by atoms with Gasteiger partial charge in [-0.1, -0.05) is 0 Å². The van der Waals surface area contributed by atoms with Gasteiger partial charge in [-0.3, -0.25) is 14.7 Å². The molecule has 3 aliphatic rings. The highest BCUT2D eigenvalue weighted by Gasteiger charge is 2.54. The second kappa shape index (κ2) is 12.8. The maximum atomic E-state index is 14.3. The van der Waals surface area contributed by atoms with Gasteiger partial charge in [0.15, 0.2) is 11.6 Å². The number of anilines is 1. The van der Waals surface area contributed by atoms with Crippen molar-refractivity contribution in [1.82, 2.24) is 24.8 Å². The minimum Gasteiger partial charge on any atom is -0.490 e. The predicted molar refractivity (Wildman–Crippen MR) is 173 cm³/mol. The molecule has 4 heterocycles. The average Bonchev–Trinajstić information content (AvgIpc) is 2.97. The van der Waals surface area contributed by atoms with Crippen LogP contribution < -0.4 is 14.4 Å². The van der Waals surface area contributed by atoms with Crippen molar-refractivity contribution in [2.45, 2.75) is 84.6 Å². The van der Waals surface area contributed by atoms with Gasteiger partial charge >= 0.3 is 0 Å². The summed E-state index contributed by atoms with van der Waals surface area (Å²) in [5.41, 5.74) is 1.90. The first-order valence-corrected chi connectivity index (χ1v) is 16.3. The standard InChI is InChI=1S/C35H45FN6O4/c1-6-42(23(2)3)33(43)26-15-24(36)7-8-29(26)46-31-18-37-22-39-32(31)41-20-35(21-41)16-25(17-35)45-30-9-12-38-28-10-13-40(19-27(28)30)14-11-34(4,5)44/h7-9,12,15,18,22-23,25,44H,6,10-11,13-14,16-17,19-21H2,1-5H3. The normalized spacial score (nSPS) is 17.8. The van der Waals surface area contributed by atoms with Crippen LogP contribution >= 0.6 is 0 Å². The molecule has 2 aliphatic heterocycles. The number of aliphatic hydroxyl groups is 1. The van der Waals surface area contributed by atoms with E-state index in [9.17, 15) is 14.3 Å². The topological polar surface area (TPSA) is 104 Å². The lowest BCUT2D eigenvalue weighted by atomic mass is 9.61. The predicted octanol–water partition coefficient (Wildman–Crippen LogP) is 5.24. The summed E-state index contributed by atoms with van der Waals surface area (Å²) >= 11 is 0. The first-order chi connectivity index (χ1) is 21.9. The highest BCUT2D eigenvalue weighted by molar-refractivity contribution is 5.97. The number of nitrogens with zero attached hydrogens (tertiary/aromatic N) is 6. The molecule has 2 fully saturated rings. The molecular formula is C35H45FN6O4. The number of pyridine rings is 1. The lowest BCUT2D eigenvalue weighted by Crippen LogP contribution is -2.65. The fourth-order valence-electron chi connectivity index (χ4n) is 6.94. The number of hydrogen-bond acceptors (Lipinski definition) is 9. The summed E-state index contributed by atoms with van der Waals surface area (Å²) in [5.74, 6) is 1.49. The van der Waals surface area contributed by atoms with Crippen molar-refractivity contribution in [1.29, 1.82) is 0 Å². The minimum atomic E-state index is -0.683. The number of carbonyl (C=O) groups is 1. The van der Waals surface area contributed by atoms with Crippen molar-refractivity contribution in [3.8, 4) is 17.2 Å². The van der Waals surface area contributed by atoms with Crippen LogP contribution in [-0.2, 0) is 13.0 Å². The third-order valence-corrected chi connectivity index (χ3v) is 9.43. The molecule has 1 aliphatic carbocycles. The van der Waals surface area contributed by atoms with Crippen LogP contribution in [0.25, 0.3) is 0 Å². The molecule has 1 saturated heterocycles. The minimum absolute atomic E-state index is 0.0417. The van der Waals surface area contributed by atoms with Gasteiger partial charge in [0.1, 0.15) is 29.7 Å². The molecule has 0 radical (unpaired) electrons. The average molecular weight is 633 g/mol. The van der Waals surface area contributed by atoms with Crippen LogP contribution in [0.5, 0.6) is 17.2 Å². The van der Waals surface area contributed by atoms with E-state index < -0.39 is 11.4 Å². The molecule has 1 saturated carbocycles. The fourth-order valence-corrected chi connectivity index (χ4v) is 6.94. The summed E-state index contributed by atoms with van der Waals surface area (Å²) in [6.07, 6.45) is 8.56. The third kappa shape index (κ3) is 6.80. The van der Waals surface area contributed by atoms with Gasteiger partial charge in [0.05, 0.1) is 17.4 Å². The van der Waals surface area contributed by atoms with Crippen molar-refractivity contribution in [2.75, 3.05) is 37.6 Å². The van der Waals surface area contributed by atoms with E-state index in [4.69, 9.17) is 9.47 Å². The molecule has 1 amide bonds. The van der Waals surface area contributed by atoms with Gasteiger partial charge in [-0.25, -0.2) is 14.4 Å². The maximum Gasteiger partial charge on any atom is 0.257 e. The zero-order valence-corrected chi connectivity index (χ0v) is 27.5. The van der Waals surface area contributed by atoms with Crippen LogP contribution in [0.15, 0.2) is 43.0 Å². The van der Waals surface area contributed by atoms with Gasteiger partial charge in [-0.2, -0.15) is 0 Å². The monoisotopic (exact) mass is 632 g/mol. The highest BCUT2D eigenvalue weighted by atomic mass is 19.1. The Morgan fingerprint density at radius 2 is 1.96 bits per heavy atom. The van der Waals surface area contributed by atoms with Crippen LogP contribution in [0.3, 0.4) is 0 Å². The van der Waals surface area contributed by atoms with E-state index in [0.717, 1.165) is 75.4 Å². The number of carbonyl (C=O) groups excluding carboxylic acids is 1. The Bertz CT molecular complexity index is 1560. The summed E-state index contributed by atoms with van der Waals surface area (Å²) in [6.45, 7) is 14.1. The Hall–Kier alpha value is -3.83. The third-order valence-electron chi connectivity index (χ3n) is 9.43. The van der Waals surface area contributed by atoms with Crippen molar-refractivity contribution >= 4 is 11.7 Å². The fraction of sp³-hybridized carbons (Fsp3) is 0.543. The lowest BCUT2D eigenvalue weighted by Gasteiger charge is -2.59. The maximum absolute atomic E-state index is 14.3. The van der Waals surface area contributed by atoms with E-state index in [-0.39, 0.29) is 34.8 Å². The molecule has 2 aromatic heterocycles. The van der Waals surface area contributed by atoms with E-state index in [1.165, 1.54) is 24.5 Å².